The Labute approximate surface area is 135 Å². The number of aromatic nitrogens is 4. The summed E-state index contributed by atoms with van der Waals surface area (Å²) < 4.78 is 2.68. The van der Waals surface area contributed by atoms with Gasteiger partial charge in [-0.25, -0.2) is 14.6 Å². The second-order valence-corrected chi connectivity index (χ2v) is 5.86. The summed E-state index contributed by atoms with van der Waals surface area (Å²) in [5.41, 5.74) is 2.29. The van der Waals surface area contributed by atoms with Crippen LogP contribution in [-0.2, 0) is 0 Å². The number of benzene rings is 2. The summed E-state index contributed by atoms with van der Waals surface area (Å²) >= 11 is 1.46. The van der Waals surface area contributed by atoms with Gasteiger partial charge in [-0.15, -0.1) is 0 Å². The summed E-state index contributed by atoms with van der Waals surface area (Å²) in [4.78, 5) is 20.6. The van der Waals surface area contributed by atoms with Crippen LogP contribution in [0, 0.1) is 0 Å². The molecule has 2 aromatic heterocycles. The van der Waals surface area contributed by atoms with Gasteiger partial charge in [0.25, 0.3) is 5.91 Å². The number of thiazole rings is 1. The summed E-state index contributed by atoms with van der Waals surface area (Å²) in [6.45, 7) is 0. The molecule has 0 aliphatic heterocycles. The highest BCUT2D eigenvalue weighted by atomic mass is 32.1. The van der Waals surface area contributed by atoms with Gasteiger partial charge in [-0.2, -0.15) is 5.10 Å². The number of anilines is 1. The van der Waals surface area contributed by atoms with Crippen molar-refractivity contribution >= 4 is 32.6 Å². The number of nitrogens with zero attached hydrogens (tertiary/aromatic N) is 4. The summed E-state index contributed by atoms with van der Waals surface area (Å²) in [5.74, 6) is -0.186. The van der Waals surface area contributed by atoms with Gasteiger partial charge in [0, 0.05) is 5.56 Å². The van der Waals surface area contributed by atoms with Crippen LogP contribution in [0.15, 0.2) is 61.2 Å². The molecule has 0 radical (unpaired) electrons. The molecule has 0 unspecified atom stereocenters. The monoisotopic (exact) mass is 321 g/mol. The normalized spacial score (nSPS) is 10.8. The van der Waals surface area contributed by atoms with Crippen LogP contribution in [-0.4, -0.2) is 25.7 Å². The number of amides is 1. The van der Waals surface area contributed by atoms with Crippen LogP contribution in [0.1, 0.15) is 10.4 Å². The molecule has 0 atom stereocenters. The zero-order valence-electron chi connectivity index (χ0n) is 11.9. The Kier molecular flexibility index (Phi) is 3.32. The number of rotatable bonds is 3. The molecule has 2 aromatic carbocycles. The molecule has 7 heteroatoms. The van der Waals surface area contributed by atoms with E-state index >= 15 is 0 Å². The minimum Gasteiger partial charge on any atom is -0.298 e. The quantitative estimate of drug-likeness (QED) is 0.629. The number of nitrogens with one attached hydrogen (secondary N) is 1. The van der Waals surface area contributed by atoms with Crippen LogP contribution in [0.2, 0.25) is 0 Å². The average molecular weight is 321 g/mol. The number of fused-ring (bicyclic) bond motifs is 1. The maximum atomic E-state index is 12.3. The summed E-state index contributed by atoms with van der Waals surface area (Å²) in [5, 5.41) is 7.48. The molecule has 23 heavy (non-hydrogen) atoms. The van der Waals surface area contributed by atoms with E-state index in [0.717, 1.165) is 15.9 Å². The van der Waals surface area contributed by atoms with Crippen molar-refractivity contribution in [3.05, 3.63) is 66.7 Å². The van der Waals surface area contributed by atoms with Crippen LogP contribution in [0.5, 0.6) is 0 Å². The molecule has 112 valence electrons. The lowest BCUT2D eigenvalue weighted by Gasteiger charge is -2.03. The first-order valence-corrected chi connectivity index (χ1v) is 7.73. The Morgan fingerprint density at radius 2 is 1.91 bits per heavy atom. The first kappa shape index (κ1) is 13.6. The fourth-order valence-corrected chi connectivity index (χ4v) is 3.06. The van der Waals surface area contributed by atoms with Crippen LogP contribution in [0.3, 0.4) is 0 Å². The predicted molar refractivity (Wildman–Crippen MR) is 88.9 cm³/mol. The largest absolute Gasteiger partial charge is 0.298 e. The highest BCUT2D eigenvalue weighted by Gasteiger charge is 2.10. The molecule has 1 amide bonds. The maximum Gasteiger partial charge on any atom is 0.257 e. The minimum absolute atomic E-state index is 0.186. The summed E-state index contributed by atoms with van der Waals surface area (Å²) in [7, 11) is 0. The average Bonchev–Trinajstić information content (AvgIpc) is 3.24. The molecular weight excluding hydrogens is 310 g/mol. The van der Waals surface area contributed by atoms with E-state index in [1.807, 2.05) is 36.4 Å². The van der Waals surface area contributed by atoms with E-state index in [1.165, 1.54) is 17.7 Å². The molecule has 0 saturated carbocycles. The van der Waals surface area contributed by atoms with Crippen LogP contribution >= 0.6 is 11.3 Å². The number of carbonyl (C=O) groups excluding carboxylic acids is 1. The van der Waals surface area contributed by atoms with E-state index in [1.54, 1.807) is 23.1 Å². The van der Waals surface area contributed by atoms with Gasteiger partial charge in [0.1, 0.15) is 12.7 Å². The standard InChI is InChI=1S/C16H11N5OS/c22-15(20-16-19-13-3-1-2-4-14(13)23-16)11-5-7-12(8-6-11)21-10-17-9-18-21/h1-10H,(H,19,20,22). The molecule has 0 aliphatic carbocycles. The van der Waals surface area contributed by atoms with Crippen molar-refractivity contribution in [2.45, 2.75) is 0 Å². The molecule has 1 N–H and O–H groups in total. The smallest absolute Gasteiger partial charge is 0.257 e. The predicted octanol–water partition coefficient (Wildman–Crippen LogP) is 3.13. The van der Waals surface area contributed by atoms with Crippen molar-refractivity contribution in [1.29, 1.82) is 0 Å². The second kappa shape index (κ2) is 5.62. The zero-order chi connectivity index (χ0) is 15.6. The molecule has 2 heterocycles. The lowest BCUT2D eigenvalue weighted by atomic mass is 10.2. The highest BCUT2D eigenvalue weighted by molar-refractivity contribution is 7.22. The highest BCUT2D eigenvalue weighted by Crippen LogP contribution is 2.25. The van der Waals surface area contributed by atoms with E-state index in [2.05, 4.69) is 20.4 Å². The van der Waals surface area contributed by atoms with Gasteiger partial charge in [-0.1, -0.05) is 23.5 Å². The third-order valence-electron chi connectivity index (χ3n) is 3.33. The first-order chi connectivity index (χ1) is 11.3. The van der Waals surface area contributed by atoms with Crippen molar-refractivity contribution in [3.63, 3.8) is 0 Å². The third kappa shape index (κ3) is 2.69. The molecule has 0 bridgehead atoms. The van der Waals surface area contributed by atoms with Gasteiger partial charge in [-0.05, 0) is 36.4 Å². The fraction of sp³-hybridized carbons (Fsp3) is 0. The fourth-order valence-electron chi connectivity index (χ4n) is 2.20. The Balaban J connectivity index is 1.54. The zero-order valence-corrected chi connectivity index (χ0v) is 12.7. The van der Waals surface area contributed by atoms with E-state index in [0.29, 0.717) is 10.7 Å². The molecule has 0 saturated heterocycles. The Bertz CT molecular complexity index is 927. The van der Waals surface area contributed by atoms with Crippen LogP contribution in [0.4, 0.5) is 5.13 Å². The molecule has 4 aromatic rings. The van der Waals surface area contributed by atoms with Crippen LogP contribution < -0.4 is 5.32 Å². The number of para-hydroxylation sites is 1. The van der Waals surface area contributed by atoms with E-state index in [-0.39, 0.29) is 5.91 Å². The Morgan fingerprint density at radius 1 is 1.09 bits per heavy atom. The molecule has 0 spiro atoms. The van der Waals surface area contributed by atoms with E-state index < -0.39 is 0 Å². The first-order valence-electron chi connectivity index (χ1n) is 6.91. The molecule has 6 nitrogen and oxygen atoms in total. The van der Waals surface area contributed by atoms with Gasteiger partial charge in [-0.3, -0.25) is 10.1 Å². The molecule has 4 rings (SSSR count). The van der Waals surface area contributed by atoms with Crippen molar-refractivity contribution < 1.29 is 4.79 Å². The topological polar surface area (TPSA) is 72.7 Å². The summed E-state index contributed by atoms with van der Waals surface area (Å²) in [6, 6.07) is 14.9. The van der Waals surface area contributed by atoms with Gasteiger partial charge in [0.05, 0.1) is 15.9 Å². The molecular formula is C16H11N5OS. The SMILES string of the molecule is O=C(Nc1nc2ccccc2s1)c1ccc(-n2cncn2)cc1. The number of carbonyl (C=O) groups is 1. The van der Waals surface area contributed by atoms with Gasteiger partial charge < -0.3 is 0 Å². The second-order valence-electron chi connectivity index (χ2n) is 4.83. The van der Waals surface area contributed by atoms with E-state index in [9.17, 15) is 4.79 Å². The summed E-state index contributed by atoms with van der Waals surface area (Å²) in [6.07, 6.45) is 3.07. The van der Waals surface area contributed by atoms with Gasteiger partial charge in [0.2, 0.25) is 0 Å². The van der Waals surface area contributed by atoms with Gasteiger partial charge >= 0.3 is 0 Å². The number of hydrogen-bond acceptors (Lipinski definition) is 5. The number of hydrogen-bond donors (Lipinski definition) is 1. The Hall–Kier alpha value is -3.06. The lowest BCUT2D eigenvalue weighted by molar-refractivity contribution is 0.102. The molecule has 0 aliphatic rings. The van der Waals surface area contributed by atoms with Crippen molar-refractivity contribution in [2.24, 2.45) is 0 Å². The molecule has 0 fully saturated rings. The van der Waals surface area contributed by atoms with Crippen molar-refractivity contribution in [2.75, 3.05) is 5.32 Å². The lowest BCUT2D eigenvalue weighted by Crippen LogP contribution is -2.11. The minimum atomic E-state index is -0.186. The van der Waals surface area contributed by atoms with Crippen molar-refractivity contribution in [1.82, 2.24) is 19.7 Å². The van der Waals surface area contributed by atoms with Crippen LogP contribution in [0.25, 0.3) is 15.9 Å². The van der Waals surface area contributed by atoms with Crippen molar-refractivity contribution in [3.8, 4) is 5.69 Å². The van der Waals surface area contributed by atoms with E-state index in [4.69, 9.17) is 0 Å². The Morgan fingerprint density at radius 3 is 2.65 bits per heavy atom. The maximum absolute atomic E-state index is 12.3. The van der Waals surface area contributed by atoms with Gasteiger partial charge in [0.15, 0.2) is 5.13 Å². The third-order valence-corrected chi connectivity index (χ3v) is 4.28.